The van der Waals surface area contributed by atoms with Gasteiger partial charge in [0.25, 0.3) is 0 Å². The molecule has 0 aromatic rings. The van der Waals surface area contributed by atoms with E-state index in [-0.39, 0.29) is 6.61 Å². The van der Waals surface area contributed by atoms with Crippen LogP contribution in [0.3, 0.4) is 0 Å². The lowest BCUT2D eigenvalue weighted by Gasteiger charge is -2.22. The summed E-state index contributed by atoms with van der Waals surface area (Å²) >= 11 is 0. The van der Waals surface area contributed by atoms with Gasteiger partial charge in [-0.3, -0.25) is 0 Å². The van der Waals surface area contributed by atoms with E-state index in [1.54, 1.807) is 0 Å². The average molecular weight is 185 g/mol. The van der Waals surface area contributed by atoms with Crippen molar-refractivity contribution in [2.24, 2.45) is 22.5 Å². The molecular formula is C11H23NO. The second kappa shape index (κ2) is 2.71. The summed E-state index contributed by atoms with van der Waals surface area (Å²) in [4.78, 5) is 0. The van der Waals surface area contributed by atoms with E-state index >= 15 is 0 Å². The number of rotatable bonds is 3. The Kier molecular flexibility index (Phi) is 2.29. The fraction of sp³-hybridized carbons (Fsp3) is 1.00. The first-order valence-electron chi connectivity index (χ1n) is 5.05. The van der Waals surface area contributed by atoms with Gasteiger partial charge in [0.2, 0.25) is 0 Å². The van der Waals surface area contributed by atoms with Gasteiger partial charge in [-0.1, -0.05) is 27.7 Å². The highest BCUT2D eigenvalue weighted by Crippen LogP contribution is 2.70. The van der Waals surface area contributed by atoms with Crippen LogP contribution < -0.4 is 5.73 Å². The topological polar surface area (TPSA) is 46.2 Å². The molecule has 0 amide bonds. The van der Waals surface area contributed by atoms with Crippen LogP contribution in [0.4, 0.5) is 0 Å². The van der Waals surface area contributed by atoms with Crippen LogP contribution in [0, 0.1) is 16.7 Å². The van der Waals surface area contributed by atoms with Crippen molar-refractivity contribution in [1.82, 2.24) is 0 Å². The monoisotopic (exact) mass is 185 g/mol. The highest BCUT2D eigenvalue weighted by molar-refractivity contribution is 5.13. The summed E-state index contributed by atoms with van der Waals surface area (Å²) < 4.78 is 0. The Balaban J connectivity index is 2.61. The first-order valence-corrected chi connectivity index (χ1v) is 5.05. The fourth-order valence-corrected chi connectivity index (χ4v) is 2.37. The van der Waals surface area contributed by atoms with Crippen molar-refractivity contribution in [3.8, 4) is 0 Å². The van der Waals surface area contributed by atoms with E-state index < -0.39 is 5.54 Å². The maximum absolute atomic E-state index is 9.09. The van der Waals surface area contributed by atoms with Crippen molar-refractivity contribution in [2.45, 2.75) is 46.6 Å². The first kappa shape index (κ1) is 11.0. The average Bonchev–Trinajstić information content (AvgIpc) is 2.33. The van der Waals surface area contributed by atoms with Gasteiger partial charge in [0, 0.05) is 5.54 Å². The molecule has 2 nitrogen and oxygen atoms in total. The first-order chi connectivity index (χ1) is 5.65. The van der Waals surface area contributed by atoms with Gasteiger partial charge in [0.05, 0.1) is 6.61 Å². The fourth-order valence-electron chi connectivity index (χ4n) is 2.37. The number of aliphatic hydroxyl groups is 1. The van der Waals surface area contributed by atoms with Crippen molar-refractivity contribution in [3.63, 3.8) is 0 Å². The summed E-state index contributed by atoms with van der Waals surface area (Å²) in [6.07, 6.45) is 0.920. The Morgan fingerprint density at radius 3 is 1.85 bits per heavy atom. The van der Waals surface area contributed by atoms with Gasteiger partial charge in [0.15, 0.2) is 0 Å². The number of aliphatic hydroxyl groups excluding tert-OH is 1. The molecule has 0 aromatic heterocycles. The van der Waals surface area contributed by atoms with E-state index in [9.17, 15) is 0 Å². The second-order valence-electron chi connectivity index (χ2n) is 6.01. The van der Waals surface area contributed by atoms with E-state index in [4.69, 9.17) is 10.8 Å². The highest BCUT2D eigenvalue weighted by Gasteiger charge is 2.64. The predicted molar refractivity (Wildman–Crippen MR) is 55.3 cm³/mol. The van der Waals surface area contributed by atoms with Crippen LogP contribution in [0.2, 0.25) is 0 Å². The van der Waals surface area contributed by atoms with Gasteiger partial charge in [0.1, 0.15) is 0 Å². The standard InChI is InChI=1S/C11H23NO/c1-9(2)8(10(9,3)4)6-11(5,12)7-13/h8,13H,6-7,12H2,1-5H3. The van der Waals surface area contributed by atoms with Crippen LogP contribution in [0.15, 0.2) is 0 Å². The van der Waals surface area contributed by atoms with Crippen molar-refractivity contribution in [1.29, 1.82) is 0 Å². The molecule has 0 heterocycles. The molecule has 0 bridgehead atoms. The van der Waals surface area contributed by atoms with Crippen LogP contribution in [-0.4, -0.2) is 17.3 Å². The molecule has 13 heavy (non-hydrogen) atoms. The number of nitrogens with two attached hydrogens (primary N) is 1. The second-order valence-corrected chi connectivity index (χ2v) is 6.01. The summed E-state index contributed by atoms with van der Waals surface area (Å²) in [5.74, 6) is 0.641. The minimum absolute atomic E-state index is 0.0790. The van der Waals surface area contributed by atoms with Gasteiger partial charge in [-0.2, -0.15) is 0 Å². The van der Waals surface area contributed by atoms with Crippen molar-refractivity contribution in [3.05, 3.63) is 0 Å². The Hall–Kier alpha value is -0.0800. The van der Waals surface area contributed by atoms with E-state index in [1.807, 2.05) is 6.92 Å². The largest absolute Gasteiger partial charge is 0.394 e. The zero-order valence-corrected chi connectivity index (χ0v) is 9.52. The van der Waals surface area contributed by atoms with E-state index in [1.165, 1.54) is 0 Å². The van der Waals surface area contributed by atoms with Crippen LogP contribution in [0.25, 0.3) is 0 Å². The Morgan fingerprint density at radius 1 is 1.23 bits per heavy atom. The zero-order chi connectivity index (χ0) is 10.5. The predicted octanol–water partition coefficient (Wildman–Crippen LogP) is 1.77. The third kappa shape index (κ3) is 1.62. The molecule has 1 fully saturated rings. The van der Waals surface area contributed by atoms with Crippen LogP contribution >= 0.6 is 0 Å². The normalized spacial score (nSPS) is 29.8. The summed E-state index contributed by atoms with van der Waals surface area (Å²) in [5.41, 5.74) is 6.30. The summed E-state index contributed by atoms with van der Waals surface area (Å²) in [6, 6.07) is 0. The molecule has 0 aromatic carbocycles. The van der Waals surface area contributed by atoms with Gasteiger partial charge in [-0.15, -0.1) is 0 Å². The molecule has 1 rings (SSSR count). The number of hydrogen-bond acceptors (Lipinski definition) is 2. The third-order valence-electron chi connectivity index (χ3n) is 4.35. The molecule has 1 aliphatic rings. The van der Waals surface area contributed by atoms with Crippen LogP contribution in [0.1, 0.15) is 41.0 Å². The molecular weight excluding hydrogens is 162 g/mol. The maximum Gasteiger partial charge on any atom is 0.0608 e. The summed E-state index contributed by atoms with van der Waals surface area (Å²) in [5, 5.41) is 9.09. The maximum atomic E-state index is 9.09. The van der Waals surface area contributed by atoms with E-state index in [0.717, 1.165) is 6.42 Å². The van der Waals surface area contributed by atoms with Gasteiger partial charge >= 0.3 is 0 Å². The quantitative estimate of drug-likeness (QED) is 0.704. The molecule has 0 spiro atoms. The molecule has 78 valence electrons. The van der Waals surface area contributed by atoms with Crippen LogP contribution in [0.5, 0.6) is 0 Å². The SMILES string of the molecule is CC(N)(CO)CC1C(C)(C)C1(C)C. The Labute approximate surface area is 81.5 Å². The lowest BCUT2D eigenvalue weighted by molar-refractivity contribution is 0.188. The molecule has 0 radical (unpaired) electrons. The molecule has 1 aliphatic carbocycles. The van der Waals surface area contributed by atoms with Crippen LogP contribution in [-0.2, 0) is 0 Å². The molecule has 0 aliphatic heterocycles. The highest BCUT2D eigenvalue weighted by atomic mass is 16.3. The molecule has 2 heteroatoms. The van der Waals surface area contributed by atoms with E-state index in [2.05, 4.69) is 27.7 Å². The Morgan fingerprint density at radius 2 is 1.62 bits per heavy atom. The smallest absolute Gasteiger partial charge is 0.0608 e. The minimum atomic E-state index is -0.407. The molecule has 1 saturated carbocycles. The molecule has 1 unspecified atom stereocenters. The molecule has 3 N–H and O–H groups in total. The lowest BCUT2D eigenvalue weighted by atomic mass is 9.93. The Bertz CT molecular complexity index is 192. The summed E-state index contributed by atoms with van der Waals surface area (Å²) in [7, 11) is 0. The molecule has 1 atom stereocenters. The third-order valence-corrected chi connectivity index (χ3v) is 4.35. The van der Waals surface area contributed by atoms with Gasteiger partial charge in [-0.25, -0.2) is 0 Å². The summed E-state index contributed by atoms with van der Waals surface area (Å²) in [6.45, 7) is 11.1. The zero-order valence-electron chi connectivity index (χ0n) is 9.52. The van der Waals surface area contributed by atoms with Crippen molar-refractivity contribution < 1.29 is 5.11 Å². The van der Waals surface area contributed by atoms with Gasteiger partial charge in [-0.05, 0) is 30.1 Å². The molecule has 0 saturated heterocycles. The van der Waals surface area contributed by atoms with Crippen molar-refractivity contribution in [2.75, 3.05) is 6.61 Å². The van der Waals surface area contributed by atoms with Crippen molar-refractivity contribution >= 4 is 0 Å². The van der Waals surface area contributed by atoms with E-state index in [0.29, 0.717) is 16.7 Å². The van der Waals surface area contributed by atoms with Gasteiger partial charge < -0.3 is 10.8 Å². The minimum Gasteiger partial charge on any atom is -0.394 e. The number of hydrogen-bond donors (Lipinski definition) is 2. The lowest BCUT2D eigenvalue weighted by Crippen LogP contribution is -2.41.